The third-order valence-corrected chi connectivity index (χ3v) is 11.5. The highest BCUT2D eigenvalue weighted by Gasteiger charge is 2.38. The molecule has 26 heavy (non-hydrogen) atoms. The van der Waals surface area contributed by atoms with Crippen LogP contribution in [0, 0.1) is 0 Å². The minimum absolute atomic E-state index is 0.0572. The second-order valence-corrected chi connectivity index (χ2v) is 17.1. The third-order valence-electron chi connectivity index (χ3n) is 4.80. The molecule has 152 valence electrons. The highest BCUT2D eigenvalue weighted by Crippen LogP contribution is 2.37. The van der Waals surface area contributed by atoms with E-state index in [1.165, 1.54) is 0 Å². The predicted octanol–water partition coefficient (Wildman–Crippen LogP) is 5.17. The maximum Gasteiger partial charge on any atom is 0.192 e. The molecule has 0 fully saturated rings. The van der Waals surface area contributed by atoms with E-state index in [4.69, 9.17) is 4.43 Å². The summed E-state index contributed by atoms with van der Waals surface area (Å²) in [6.45, 7) is 21.9. The number of rotatable bonds is 7. The number of hydrogen-bond donors (Lipinski definition) is 1. The van der Waals surface area contributed by atoms with Crippen molar-refractivity contribution in [2.75, 3.05) is 0 Å². The average Bonchev–Trinajstić information content (AvgIpc) is 2.76. The van der Waals surface area contributed by atoms with Crippen LogP contribution in [-0.4, -0.2) is 33.5 Å². The van der Waals surface area contributed by atoms with Crippen molar-refractivity contribution in [1.82, 2.24) is 14.5 Å². The molecule has 8 heteroatoms. The van der Waals surface area contributed by atoms with Gasteiger partial charge in [0.05, 0.1) is 24.4 Å². The van der Waals surface area contributed by atoms with Crippen LogP contribution in [0.4, 0.5) is 0 Å². The second-order valence-electron chi connectivity index (χ2n) is 9.48. The highest BCUT2D eigenvalue weighted by atomic mass is 79.9. The molecule has 0 saturated carbocycles. The number of aromatic nitrogens is 2. The lowest BCUT2D eigenvalue weighted by Crippen LogP contribution is -2.44. The Kier molecular flexibility index (Phi) is 8.05. The van der Waals surface area contributed by atoms with Crippen LogP contribution in [0.5, 0.6) is 0 Å². The van der Waals surface area contributed by atoms with Crippen LogP contribution >= 0.6 is 15.9 Å². The van der Waals surface area contributed by atoms with Gasteiger partial charge in [-0.3, -0.25) is 4.68 Å². The molecule has 0 spiro atoms. The van der Waals surface area contributed by atoms with Crippen LogP contribution in [-0.2, 0) is 22.3 Å². The molecule has 1 unspecified atom stereocenters. The summed E-state index contributed by atoms with van der Waals surface area (Å²) in [4.78, 5) is 0. The zero-order chi connectivity index (χ0) is 20.5. The fraction of sp³-hybridized carbons (Fsp3) is 0.833. The van der Waals surface area contributed by atoms with Crippen molar-refractivity contribution in [3.05, 3.63) is 16.4 Å². The minimum atomic E-state index is -1.83. The van der Waals surface area contributed by atoms with E-state index in [0.29, 0.717) is 6.54 Å². The molecule has 0 amide bonds. The molecule has 1 rings (SSSR count). The Morgan fingerprint density at radius 3 is 2.27 bits per heavy atom. The molecule has 0 bridgehead atoms. The van der Waals surface area contributed by atoms with E-state index >= 15 is 0 Å². The lowest BCUT2D eigenvalue weighted by atomic mass is 10.2. The Labute approximate surface area is 172 Å². The average molecular weight is 467 g/mol. The van der Waals surface area contributed by atoms with Crippen LogP contribution in [0.2, 0.25) is 18.1 Å². The smallest absolute Gasteiger partial charge is 0.192 e. The van der Waals surface area contributed by atoms with Gasteiger partial charge in [0.1, 0.15) is 9.35 Å². The van der Waals surface area contributed by atoms with Gasteiger partial charge in [0.2, 0.25) is 0 Å². The van der Waals surface area contributed by atoms with Crippen LogP contribution in [0.25, 0.3) is 0 Å². The summed E-state index contributed by atoms with van der Waals surface area (Å²) in [7, 11) is -1.83. The van der Waals surface area contributed by atoms with Gasteiger partial charge < -0.3 is 8.98 Å². The first kappa shape index (κ1) is 24.2. The van der Waals surface area contributed by atoms with Crippen molar-refractivity contribution >= 4 is 35.6 Å². The topological polar surface area (TPSA) is 62.1 Å². The summed E-state index contributed by atoms with van der Waals surface area (Å²) in [6, 6.07) is 1.91. The van der Waals surface area contributed by atoms with Gasteiger partial charge in [0.15, 0.2) is 8.32 Å². The lowest BCUT2D eigenvalue weighted by Gasteiger charge is -2.38. The molecule has 1 heterocycles. The number of nitrogens with zero attached hydrogens (tertiary/aromatic N) is 2. The van der Waals surface area contributed by atoms with Crippen molar-refractivity contribution in [2.24, 2.45) is 0 Å². The normalized spacial score (nSPS) is 17.2. The van der Waals surface area contributed by atoms with Crippen molar-refractivity contribution in [3.8, 4) is 0 Å². The van der Waals surface area contributed by atoms with Crippen molar-refractivity contribution in [3.63, 3.8) is 0 Å². The molecule has 0 aliphatic rings. The molecule has 0 saturated heterocycles. The molecule has 1 aromatic heterocycles. The van der Waals surface area contributed by atoms with Gasteiger partial charge in [0, 0.05) is 11.4 Å². The first-order valence-corrected chi connectivity index (χ1v) is 14.0. The minimum Gasteiger partial charge on any atom is -0.598 e. The number of nitrogens with one attached hydrogen (secondary N) is 1. The molecule has 0 aliphatic carbocycles. The van der Waals surface area contributed by atoms with E-state index < -0.39 is 19.7 Å². The van der Waals surface area contributed by atoms with Gasteiger partial charge in [-0.2, -0.15) is 5.10 Å². The zero-order valence-electron chi connectivity index (χ0n) is 17.9. The molecule has 0 aromatic carbocycles. The van der Waals surface area contributed by atoms with Crippen LogP contribution in [0.3, 0.4) is 0 Å². The van der Waals surface area contributed by atoms with Gasteiger partial charge in [0.25, 0.3) is 0 Å². The first-order chi connectivity index (χ1) is 11.5. The molecule has 3 atom stereocenters. The summed E-state index contributed by atoms with van der Waals surface area (Å²) >= 11 is 2.33. The van der Waals surface area contributed by atoms with Gasteiger partial charge >= 0.3 is 0 Å². The van der Waals surface area contributed by atoms with Crippen molar-refractivity contribution in [2.45, 2.75) is 97.0 Å². The van der Waals surface area contributed by atoms with Gasteiger partial charge in [-0.1, -0.05) is 20.8 Å². The first-order valence-electron chi connectivity index (χ1n) is 9.13. The zero-order valence-corrected chi connectivity index (χ0v) is 21.3. The maximum atomic E-state index is 12.4. The predicted molar refractivity (Wildman–Crippen MR) is 117 cm³/mol. The van der Waals surface area contributed by atoms with Gasteiger partial charge in [-0.15, -0.1) is 4.72 Å². The van der Waals surface area contributed by atoms with E-state index in [1.807, 2.05) is 38.4 Å². The summed E-state index contributed by atoms with van der Waals surface area (Å²) < 4.78 is 24.5. The Bertz CT molecular complexity index is 596. The molecule has 0 aliphatic heterocycles. The second kappa shape index (κ2) is 8.65. The standard InChI is InChI=1S/C18H36BrN3O2SSi/c1-13(24-26(9,10)18(6,7)8)12-22-15(11-16(19)20-22)14(2)21-25(23)17(3,4)5/h11,13-14,21H,12H2,1-10H3/t13-,14-,25?/m0/s1. The molecule has 0 radical (unpaired) electrons. The summed E-state index contributed by atoms with van der Waals surface area (Å²) in [5.74, 6) is 0. The Morgan fingerprint density at radius 2 is 1.81 bits per heavy atom. The SMILES string of the molecule is C[C@H](N[S+]([O-])C(C)(C)C)c1cc(Br)nn1C[C@H](C)O[Si](C)(C)C(C)(C)C. The van der Waals surface area contributed by atoms with Crippen LogP contribution < -0.4 is 4.72 Å². The fourth-order valence-electron chi connectivity index (χ4n) is 2.25. The molecular weight excluding hydrogens is 430 g/mol. The number of halogens is 1. The van der Waals surface area contributed by atoms with E-state index in [2.05, 4.69) is 66.5 Å². The maximum absolute atomic E-state index is 12.4. The Morgan fingerprint density at radius 1 is 1.27 bits per heavy atom. The monoisotopic (exact) mass is 465 g/mol. The van der Waals surface area contributed by atoms with E-state index in [1.54, 1.807) is 0 Å². The van der Waals surface area contributed by atoms with Crippen LogP contribution in [0.1, 0.15) is 67.1 Å². The molecule has 1 aromatic rings. The summed E-state index contributed by atoms with van der Waals surface area (Å²) in [5, 5.41) is 4.74. The van der Waals surface area contributed by atoms with E-state index in [-0.39, 0.29) is 21.9 Å². The van der Waals surface area contributed by atoms with Crippen molar-refractivity contribution in [1.29, 1.82) is 0 Å². The molecule has 5 nitrogen and oxygen atoms in total. The number of hydrogen-bond acceptors (Lipinski definition) is 4. The third kappa shape index (κ3) is 6.63. The largest absolute Gasteiger partial charge is 0.598 e. The lowest BCUT2D eigenvalue weighted by molar-refractivity contribution is 0.172. The summed E-state index contributed by atoms with van der Waals surface area (Å²) in [6.07, 6.45) is 0.0572. The van der Waals surface area contributed by atoms with E-state index in [0.717, 1.165) is 10.3 Å². The Balaban J connectivity index is 2.89. The van der Waals surface area contributed by atoms with Gasteiger partial charge in [-0.05, 0) is 74.7 Å². The van der Waals surface area contributed by atoms with E-state index in [9.17, 15) is 4.55 Å². The van der Waals surface area contributed by atoms with Gasteiger partial charge in [-0.25, -0.2) is 0 Å². The molecular formula is C18H36BrN3O2SSi. The van der Waals surface area contributed by atoms with Crippen LogP contribution in [0.15, 0.2) is 10.7 Å². The quantitative estimate of drug-likeness (QED) is 0.445. The molecule has 1 N–H and O–H groups in total. The highest BCUT2D eigenvalue weighted by molar-refractivity contribution is 9.10. The summed E-state index contributed by atoms with van der Waals surface area (Å²) in [5.41, 5.74) is 1.00. The van der Waals surface area contributed by atoms with Crippen molar-refractivity contribution < 1.29 is 8.98 Å². The fourth-order valence-corrected chi connectivity index (χ4v) is 4.91. The Hall–Kier alpha value is 0.137.